The fraction of sp³-hybridized carbons (Fsp3) is 0.500. The average Bonchev–Trinajstić information content (AvgIpc) is 2.27. The van der Waals surface area contributed by atoms with Crippen LogP contribution in [0.4, 0.5) is 0 Å². The lowest BCUT2D eigenvalue weighted by atomic mass is 10.1. The lowest BCUT2D eigenvalue weighted by Gasteiger charge is -2.16. The van der Waals surface area contributed by atoms with Gasteiger partial charge < -0.3 is 15.2 Å². The minimum atomic E-state index is -0.118. The van der Waals surface area contributed by atoms with Crippen LogP contribution in [0, 0.1) is 0 Å². The maximum absolute atomic E-state index is 6.01. The van der Waals surface area contributed by atoms with Gasteiger partial charge in [-0.25, -0.2) is 0 Å². The van der Waals surface area contributed by atoms with Gasteiger partial charge in [-0.3, -0.25) is 0 Å². The molecule has 84 valence electrons. The van der Waals surface area contributed by atoms with Crippen molar-refractivity contribution < 1.29 is 9.47 Å². The monoisotopic (exact) mass is 209 g/mol. The normalized spacial score (nSPS) is 12.5. The number of hydrogen-bond donors (Lipinski definition) is 1. The van der Waals surface area contributed by atoms with Crippen LogP contribution < -0.4 is 10.5 Å². The van der Waals surface area contributed by atoms with Gasteiger partial charge in [0.2, 0.25) is 0 Å². The summed E-state index contributed by atoms with van der Waals surface area (Å²) in [6, 6.07) is 7.71. The van der Waals surface area contributed by atoms with E-state index in [1.54, 1.807) is 0 Å². The van der Waals surface area contributed by atoms with Gasteiger partial charge in [0.25, 0.3) is 0 Å². The zero-order chi connectivity index (χ0) is 11.1. The Balaban J connectivity index is 2.72. The summed E-state index contributed by atoms with van der Waals surface area (Å²) in [5.74, 6) is 0.854. The topological polar surface area (TPSA) is 44.5 Å². The molecule has 0 heterocycles. The van der Waals surface area contributed by atoms with Crippen LogP contribution >= 0.6 is 0 Å². The van der Waals surface area contributed by atoms with Crippen molar-refractivity contribution in [1.82, 2.24) is 0 Å². The van der Waals surface area contributed by atoms with Crippen molar-refractivity contribution >= 4 is 0 Å². The van der Waals surface area contributed by atoms with Crippen LogP contribution in [-0.4, -0.2) is 19.8 Å². The van der Waals surface area contributed by atoms with Crippen LogP contribution in [0.1, 0.15) is 25.5 Å². The highest BCUT2D eigenvalue weighted by Gasteiger charge is 2.11. The lowest BCUT2D eigenvalue weighted by Crippen LogP contribution is -2.18. The van der Waals surface area contributed by atoms with Gasteiger partial charge in [-0.05, 0) is 19.9 Å². The van der Waals surface area contributed by atoms with E-state index in [1.807, 2.05) is 38.1 Å². The van der Waals surface area contributed by atoms with E-state index in [0.717, 1.165) is 11.3 Å². The second-order valence-corrected chi connectivity index (χ2v) is 3.24. The largest absolute Gasteiger partial charge is 0.494 e. The third kappa shape index (κ3) is 3.53. The minimum Gasteiger partial charge on any atom is -0.494 e. The van der Waals surface area contributed by atoms with Crippen LogP contribution in [0.3, 0.4) is 0 Å². The molecule has 0 spiro atoms. The van der Waals surface area contributed by atoms with Gasteiger partial charge in [0.1, 0.15) is 5.75 Å². The molecule has 1 atom stereocenters. The van der Waals surface area contributed by atoms with Gasteiger partial charge in [0, 0.05) is 12.2 Å². The Morgan fingerprint density at radius 3 is 2.60 bits per heavy atom. The van der Waals surface area contributed by atoms with E-state index in [1.165, 1.54) is 0 Å². The summed E-state index contributed by atoms with van der Waals surface area (Å²) in [6.07, 6.45) is 0. The molecule has 1 unspecified atom stereocenters. The Morgan fingerprint density at radius 1 is 1.20 bits per heavy atom. The molecule has 1 rings (SSSR count). The van der Waals surface area contributed by atoms with E-state index in [2.05, 4.69) is 0 Å². The minimum absolute atomic E-state index is 0.118. The quantitative estimate of drug-likeness (QED) is 0.780. The lowest BCUT2D eigenvalue weighted by molar-refractivity contribution is 0.132. The SMILES string of the molecule is CCOCC(N)c1ccccc1OCC. The first-order valence-corrected chi connectivity index (χ1v) is 5.34. The summed E-state index contributed by atoms with van der Waals surface area (Å²) in [7, 11) is 0. The maximum atomic E-state index is 6.01. The first kappa shape index (κ1) is 12.0. The number of para-hydroxylation sites is 1. The van der Waals surface area contributed by atoms with Crippen LogP contribution in [0.5, 0.6) is 5.75 Å². The van der Waals surface area contributed by atoms with Crippen molar-refractivity contribution in [1.29, 1.82) is 0 Å². The molecule has 0 amide bonds. The number of benzene rings is 1. The van der Waals surface area contributed by atoms with Gasteiger partial charge in [0.05, 0.1) is 19.3 Å². The molecule has 0 bridgehead atoms. The maximum Gasteiger partial charge on any atom is 0.124 e. The predicted molar refractivity (Wildman–Crippen MR) is 61.0 cm³/mol. The van der Waals surface area contributed by atoms with Crippen LogP contribution in [0.15, 0.2) is 24.3 Å². The van der Waals surface area contributed by atoms with Crippen molar-refractivity contribution in [2.24, 2.45) is 5.73 Å². The fourth-order valence-electron chi connectivity index (χ4n) is 1.41. The third-order valence-corrected chi connectivity index (χ3v) is 2.12. The third-order valence-electron chi connectivity index (χ3n) is 2.12. The highest BCUT2D eigenvalue weighted by molar-refractivity contribution is 5.35. The summed E-state index contributed by atoms with van der Waals surface area (Å²) in [6.45, 7) is 5.79. The second-order valence-electron chi connectivity index (χ2n) is 3.24. The Morgan fingerprint density at radius 2 is 1.93 bits per heavy atom. The molecule has 0 aliphatic carbocycles. The van der Waals surface area contributed by atoms with Gasteiger partial charge in [-0.2, -0.15) is 0 Å². The zero-order valence-electron chi connectivity index (χ0n) is 9.40. The molecule has 0 aliphatic rings. The standard InChI is InChI=1S/C12H19NO2/c1-3-14-9-11(13)10-7-5-6-8-12(10)15-4-2/h5-8,11H,3-4,9,13H2,1-2H3. The van der Waals surface area contributed by atoms with Gasteiger partial charge in [-0.15, -0.1) is 0 Å². The Kier molecular flexibility index (Phi) is 5.15. The molecular weight excluding hydrogens is 190 g/mol. The molecule has 0 saturated carbocycles. The van der Waals surface area contributed by atoms with E-state index in [4.69, 9.17) is 15.2 Å². The summed E-state index contributed by atoms with van der Waals surface area (Å²) in [4.78, 5) is 0. The van der Waals surface area contributed by atoms with Crippen molar-refractivity contribution in [3.05, 3.63) is 29.8 Å². The first-order valence-electron chi connectivity index (χ1n) is 5.34. The average molecular weight is 209 g/mol. The molecule has 3 heteroatoms. The van der Waals surface area contributed by atoms with Crippen LogP contribution in [0.25, 0.3) is 0 Å². The number of ether oxygens (including phenoxy) is 2. The summed E-state index contributed by atoms with van der Waals surface area (Å²) < 4.78 is 10.8. The van der Waals surface area contributed by atoms with E-state index in [9.17, 15) is 0 Å². The number of nitrogens with two attached hydrogens (primary N) is 1. The van der Waals surface area contributed by atoms with E-state index >= 15 is 0 Å². The fourth-order valence-corrected chi connectivity index (χ4v) is 1.41. The molecular formula is C12H19NO2. The Labute approximate surface area is 91.2 Å². The first-order chi connectivity index (χ1) is 7.29. The van der Waals surface area contributed by atoms with Gasteiger partial charge >= 0.3 is 0 Å². The van der Waals surface area contributed by atoms with E-state index < -0.39 is 0 Å². The molecule has 1 aromatic rings. The summed E-state index contributed by atoms with van der Waals surface area (Å²) >= 11 is 0. The highest BCUT2D eigenvalue weighted by Crippen LogP contribution is 2.23. The van der Waals surface area contributed by atoms with E-state index in [0.29, 0.717) is 19.8 Å². The van der Waals surface area contributed by atoms with Crippen molar-refractivity contribution in [2.45, 2.75) is 19.9 Å². The van der Waals surface area contributed by atoms with Crippen LogP contribution in [0.2, 0.25) is 0 Å². The molecule has 2 N–H and O–H groups in total. The molecule has 1 aromatic carbocycles. The zero-order valence-corrected chi connectivity index (χ0v) is 9.40. The van der Waals surface area contributed by atoms with Crippen molar-refractivity contribution in [3.8, 4) is 5.75 Å². The van der Waals surface area contributed by atoms with Crippen molar-refractivity contribution in [3.63, 3.8) is 0 Å². The molecule has 3 nitrogen and oxygen atoms in total. The van der Waals surface area contributed by atoms with Gasteiger partial charge in [-0.1, -0.05) is 18.2 Å². The highest BCUT2D eigenvalue weighted by atomic mass is 16.5. The molecule has 0 aromatic heterocycles. The Bertz CT molecular complexity index is 289. The van der Waals surface area contributed by atoms with Gasteiger partial charge in [0.15, 0.2) is 0 Å². The smallest absolute Gasteiger partial charge is 0.124 e. The molecule has 15 heavy (non-hydrogen) atoms. The Hall–Kier alpha value is -1.06. The van der Waals surface area contributed by atoms with E-state index in [-0.39, 0.29) is 6.04 Å². The molecule has 0 aliphatic heterocycles. The second kappa shape index (κ2) is 6.43. The summed E-state index contributed by atoms with van der Waals surface area (Å²) in [5, 5.41) is 0. The molecule has 0 radical (unpaired) electrons. The summed E-state index contributed by atoms with van der Waals surface area (Å²) in [5.41, 5.74) is 7.01. The molecule has 0 saturated heterocycles. The molecule has 0 fully saturated rings. The van der Waals surface area contributed by atoms with Crippen LogP contribution in [-0.2, 0) is 4.74 Å². The number of hydrogen-bond acceptors (Lipinski definition) is 3. The predicted octanol–water partition coefficient (Wildman–Crippen LogP) is 2.12. The number of rotatable bonds is 6. The van der Waals surface area contributed by atoms with Crippen molar-refractivity contribution in [2.75, 3.05) is 19.8 Å².